The average molecular weight is 199 g/mol. The zero-order valence-corrected chi connectivity index (χ0v) is 3.50. The summed E-state index contributed by atoms with van der Waals surface area (Å²) >= 11 is 0. The first-order valence-electron chi connectivity index (χ1n) is 1.97. The number of hydrogen-bond acceptors (Lipinski definition) is 0. The van der Waals surface area contributed by atoms with Gasteiger partial charge in [0.05, 0.1) is 6.67 Å². The van der Waals surface area contributed by atoms with E-state index in [0.717, 1.165) is 12.8 Å². The van der Waals surface area contributed by atoms with Gasteiger partial charge in [0.15, 0.2) is 0 Å². The summed E-state index contributed by atoms with van der Waals surface area (Å²) in [6.07, 6.45) is 1.69. The van der Waals surface area contributed by atoms with E-state index < -0.39 is 0 Å². The van der Waals surface area contributed by atoms with Crippen molar-refractivity contribution >= 4 is 23.9 Å². The van der Waals surface area contributed by atoms with Crippen molar-refractivity contribution in [2.45, 2.75) is 19.8 Å². The van der Waals surface area contributed by atoms with Crippen LogP contribution in [0.1, 0.15) is 19.8 Å². The van der Waals surface area contributed by atoms with Crippen LogP contribution in [0.15, 0.2) is 0 Å². The van der Waals surface area contributed by atoms with Crippen molar-refractivity contribution < 1.29 is 4.39 Å². The van der Waals surface area contributed by atoms with Gasteiger partial charge in [-0.3, -0.25) is 4.39 Å². The summed E-state index contributed by atoms with van der Waals surface area (Å²) in [7, 11) is 0. The van der Waals surface area contributed by atoms with Crippen LogP contribution in [-0.4, -0.2) is 30.6 Å². The molecular formula is C4H13FSn. The Morgan fingerprint density at radius 3 is 2.00 bits per heavy atom. The summed E-state index contributed by atoms with van der Waals surface area (Å²) in [5.74, 6) is 0. The second-order valence-corrected chi connectivity index (χ2v) is 1.04. The number of alkyl halides is 1. The summed E-state index contributed by atoms with van der Waals surface area (Å²) in [5.41, 5.74) is 0. The zero-order chi connectivity index (χ0) is 4.12. The van der Waals surface area contributed by atoms with Gasteiger partial charge in [-0.05, 0) is 6.42 Å². The molecule has 0 aromatic heterocycles. The quantitative estimate of drug-likeness (QED) is 0.561. The fourth-order valence-corrected chi connectivity index (χ4v) is 0.134. The first kappa shape index (κ1) is 9.88. The number of hydrogen-bond donors (Lipinski definition) is 0. The predicted molar refractivity (Wildman–Crippen MR) is 32.2 cm³/mol. The molecule has 0 N–H and O–H groups in total. The van der Waals surface area contributed by atoms with Crippen LogP contribution >= 0.6 is 0 Å². The van der Waals surface area contributed by atoms with E-state index in [0.29, 0.717) is 0 Å². The van der Waals surface area contributed by atoms with E-state index in [-0.39, 0.29) is 30.6 Å². The molecule has 0 rings (SSSR count). The molecule has 6 heavy (non-hydrogen) atoms. The van der Waals surface area contributed by atoms with E-state index >= 15 is 0 Å². The first-order chi connectivity index (χ1) is 2.41. The Morgan fingerprint density at radius 1 is 1.50 bits per heavy atom. The third kappa shape index (κ3) is 8.83. The van der Waals surface area contributed by atoms with Crippen LogP contribution in [0.2, 0.25) is 0 Å². The van der Waals surface area contributed by atoms with Crippen LogP contribution in [0.5, 0.6) is 0 Å². The molecule has 0 heterocycles. The Labute approximate surface area is 55.1 Å². The molecule has 0 unspecified atom stereocenters. The van der Waals surface area contributed by atoms with Gasteiger partial charge in [-0.2, -0.15) is 0 Å². The van der Waals surface area contributed by atoms with Crippen molar-refractivity contribution in [1.29, 1.82) is 0 Å². The van der Waals surface area contributed by atoms with Crippen molar-refractivity contribution in [3.63, 3.8) is 0 Å². The van der Waals surface area contributed by atoms with Crippen LogP contribution in [0, 0.1) is 0 Å². The molecule has 0 aliphatic rings. The fourth-order valence-electron chi connectivity index (χ4n) is 0.134. The van der Waals surface area contributed by atoms with Gasteiger partial charge < -0.3 is 0 Å². The second-order valence-electron chi connectivity index (χ2n) is 1.04. The van der Waals surface area contributed by atoms with Gasteiger partial charge in [0, 0.05) is 0 Å². The standard InChI is InChI=1S/C4H9F.Sn.4H/c1-2-3-4-5;;;;;/h2-4H2,1H3;;;;;. The van der Waals surface area contributed by atoms with Gasteiger partial charge in [0.2, 0.25) is 0 Å². The van der Waals surface area contributed by atoms with Crippen molar-refractivity contribution in [1.82, 2.24) is 0 Å². The summed E-state index contributed by atoms with van der Waals surface area (Å²) in [4.78, 5) is 0. The van der Waals surface area contributed by atoms with Crippen molar-refractivity contribution in [3.8, 4) is 0 Å². The Bertz CT molecular complexity index is 15.0. The molecule has 0 aromatic carbocycles. The molecule has 0 radical (unpaired) electrons. The summed E-state index contributed by atoms with van der Waals surface area (Å²) in [5, 5.41) is 0. The normalized spacial score (nSPS) is 7.00. The van der Waals surface area contributed by atoms with Crippen molar-refractivity contribution in [2.24, 2.45) is 0 Å². The van der Waals surface area contributed by atoms with E-state index in [1.807, 2.05) is 6.92 Å². The van der Waals surface area contributed by atoms with E-state index in [4.69, 9.17) is 0 Å². The minimum atomic E-state index is -0.156. The molecule has 0 nitrogen and oxygen atoms in total. The Morgan fingerprint density at radius 2 is 2.00 bits per heavy atom. The Balaban J connectivity index is 0. The molecule has 0 atom stereocenters. The van der Waals surface area contributed by atoms with Gasteiger partial charge in [-0.15, -0.1) is 0 Å². The number of rotatable bonds is 2. The molecule has 2 heteroatoms. The topological polar surface area (TPSA) is 0 Å². The Kier molecular flexibility index (Phi) is 15.2. The molecule has 0 fully saturated rings. The Hall–Kier alpha value is 0.729. The first-order valence-corrected chi connectivity index (χ1v) is 1.97. The molecule has 0 saturated carbocycles. The van der Waals surface area contributed by atoms with E-state index in [2.05, 4.69) is 0 Å². The van der Waals surface area contributed by atoms with E-state index in [1.54, 1.807) is 0 Å². The maximum absolute atomic E-state index is 11.0. The zero-order valence-electron chi connectivity index (χ0n) is 3.50. The molecule has 0 aliphatic carbocycles. The summed E-state index contributed by atoms with van der Waals surface area (Å²) < 4.78 is 11.0. The molecule has 0 bridgehead atoms. The molecule has 0 aliphatic heterocycles. The molecular weight excluding hydrogens is 186 g/mol. The monoisotopic (exact) mass is 200 g/mol. The van der Waals surface area contributed by atoms with Gasteiger partial charge in [-0.1, -0.05) is 13.3 Å². The number of halogens is 1. The fraction of sp³-hybridized carbons (Fsp3) is 1.00. The average Bonchev–Trinajstić information content (AvgIpc) is 1.41. The van der Waals surface area contributed by atoms with Gasteiger partial charge in [-0.25, -0.2) is 0 Å². The minimum absolute atomic E-state index is 0. The van der Waals surface area contributed by atoms with E-state index in [1.165, 1.54) is 0 Å². The molecule has 40 valence electrons. The van der Waals surface area contributed by atoms with Crippen LogP contribution < -0.4 is 0 Å². The van der Waals surface area contributed by atoms with Crippen molar-refractivity contribution in [2.75, 3.05) is 6.67 Å². The predicted octanol–water partition coefficient (Wildman–Crippen LogP) is 0.304. The molecule has 0 saturated heterocycles. The summed E-state index contributed by atoms with van der Waals surface area (Å²) in [6.45, 7) is 1.82. The molecule has 0 amide bonds. The van der Waals surface area contributed by atoms with Crippen LogP contribution in [0.25, 0.3) is 0 Å². The SMILES string of the molecule is CCCCF.[SnH4]. The second kappa shape index (κ2) is 9.21. The number of unbranched alkanes of at least 4 members (excludes halogenated alkanes) is 1. The van der Waals surface area contributed by atoms with Gasteiger partial charge >= 0.3 is 23.9 Å². The van der Waals surface area contributed by atoms with Crippen LogP contribution in [0.3, 0.4) is 0 Å². The molecule has 0 aromatic rings. The molecule has 0 spiro atoms. The van der Waals surface area contributed by atoms with Gasteiger partial charge in [0.25, 0.3) is 0 Å². The van der Waals surface area contributed by atoms with Crippen molar-refractivity contribution in [3.05, 3.63) is 0 Å². The van der Waals surface area contributed by atoms with Crippen LogP contribution in [0.4, 0.5) is 4.39 Å². The maximum atomic E-state index is 11.0. The summed E-state index contributed by atoms with van der Waals surface area (Å²) in [6, 6.07) is 0. The van der Waals surface area contributed by atoms with Gasteiger partial charge in [0.1, 0.15) is 0 Å². The third-order valence-electron chi connectivity index (χ3n) is 0.487. The van der Waals surface area contributed by atoms with E-state index in [9.17, 15) is 4.39 Å². The van der Waals surface area contributed by atoms with Crippen LogP contribution in [-0.2, 0) is 0 Å². The third-order valence-corrected chi connectivity index (χ3v) is 0.487.